The first-order chi connectivity index (χ1) is 8.40. The molecule has 0 atom stereocenters. The summed E-state index contributed by atoms with van der Waals surface area (Å²) in [7, 11) is 1.72. The van der Waals surface area contributed by atoms with E-state index in [2.05, 4.69) is 17.4 Å². The van der Waals surface area contributed by atoms with E-state index in [1.807, 2.05) is 18.2 Å². The molecule has 2 rings (SSSR count). The fraction of sp³-hybridized carbons (Fsp3) is 0.286. The Hall–Kier alpha value is -1.58. The summed E-state index contributed by atoms with van der Waals surface area (Å²) in [6.45, 7) is 2.31. The molecule has 0 aliphatic heterocycles. The first kappa shape index (κ1) is 11.9. The van der Waals surface area contributed by atoms with Crippen molar-refractivity contribution in [3.63, 3.8) is 0 Å². The Morgan fingerprint density at radius 2 is 1.94 bits per heavy atom. The van der Waals surface area contributed by atoms with E-state index >= 15 is 0 Å². The van der Waals surface area contributed by atoms with E-state index in [1.165, 1.54) is 11.1 Å². The van der Waals surface area contributed by atoms with E-state index in [0.717, 1.165) is 18.7 Å². The molecular weight excluding hydrogens is 214 g/mol. The lowest BCUT2D eigenvalue weighted by Crippen LogP contribution is -2.13. The van der Waals surface area contributed by atoms with Crippen molar-refractivity contribution in [1.82, 2.24) is 5.32 Å². The van der Waals surface area contributed by atoms with Crippen LogP contribution in [0.25, 0.3) is 0 Å². The molecule has 1 N–H and O–H groups in total. The van der Waals surface area contributed by atoms with Gasteiger partial charge in [0.2, 0.25) is 0 Å². The minimum absolute atomic E-state index is 0.656. The third kappa shape index (κ3) is 3.44. The van der Waals surface area contributed by atoms with Crippen LogP contribution in [0.3, 0.4) is 0 Å². The summed E-state index contributed by atoms with van der Waals surface area (Å²) in [5, 5.41) is 3.39. The van der Waals surface area contributed by atoms with Crippen LogP contribution < -0.4 is 5.32 Å². The van der Waals surface area contributed by atoms with Crippen molar-refractivity contribution in [2.75, 3.05) is 7.11 Å². The molecule has 0 fully saturated rings. The molecule has 0 bridgehead atoms. The van der Waals surface area contributed by atoms with Gasteiger partial charge in [0, 0.05) is 25.8 Å². The molecule has 1 aromatic heterocycles. The van der Waals surface area contributed by atoms with Gasteiger partial charge in [-0.05, 0) is 17.2 Å². The topological polar surface area (TPSA) is 34.4 Å². The minimum Gasteiger partial charge on any atom is -0.472 e. The van der Waals surface area contributed by atoms with Crippen molar-refractivity contribution in [2.24, 2.45) is 0 Å². The van der Waals surface area contributed by atoms with Crippen LogP contribution in [0.5, 0.6) is 0 Å². The van der Waals surface area contributed by atoms with Crippen LogP contribution in [-0.4, -0.2) is 7.11 Å². The minimum atomic E-state index is 0.656. The van der Waals surface area contributed by atoms with Gasteiger partial charge in [-0.3, -0.25) is 0 Å². The molecular formula is C14H17NO2. The summed E-state index contributed by atoms with van der Waals surface area (Å²) < 4.78 is 10.2. The van der Waals surface area contributed by atoms with Crippen molar-refractivity contribution < 1.29 is 9.15 Å². The van der Waals surface area contributed by atoms with E-state index in [4.69, 9.17) is 9.15 Å². The molecule has 1 aromatic carbocycles. The molecule has 0 unspecified atom stereocenters. The SMILES string of the molecule is COCc1ccccc1CNCc1ccoc1. The lowest BCUT2D eigenvalue weighted by atomic mass is 10.1. The van der Waals surface area contributed by atoms with Gasteiger partial charge in [-0.25, -0.2) is 0 Å². The summed E-state index contributed by atoms with van der Waals surface area (Å²) >= 11 is 0. The van der Waals surface area contributed by atoms with E-state index in [9.17, 15) is 0 Å². The monoisotopic (exact) mass is 231 g/mol. The zero-order valence-corrected chi connectivity index (χ0v) is 9.98. The van der Waals surface area contributed by atoms with Crippen molar-refractivity contribution in [3.05, 3.63) is 59.5 Å². The molecule has 17 heavy (non-hydrogen) atoms. The van der Waals surface area contributed by atoms with Gasteiger partial charge in [0.15, 0.2) is 0 Å². The Labute approximate surface area is 101 Å². The molecule has 0 aliphatic carbocycles. The molecule has 0 radical (unpaired) electrons. The van der Waals surface area contributed by atoms with Gasteiger partial charge >= 0.3 is 0 Å². The molecule has 3 nitrogen and oxygen atoms in total. The Balaban J connectivity index is 1.89. The fourth-order valence-electron chi connectivity index (χ4n) is 1.76. The van der Waals surface area contributed by atoms with Crippen LogP contribution >= 0.6 is 0 Å². The van der Waals surface area contributed by atoms with Crippen molar-refractivity contribution >= 4 is 0 Å². The fourth-order valence-corrected chi connectivity index (χ4v) is 1.76. The van der Waals surface area contributed by atoms with Crippen molar-refractivity contribution in [3.8, 4) is 0 Å². The molecule has 1 heterocycles. The van der Waals surface area contributed by atoms with Crippen LogP contribution in [0.1, 0.15) is 16.7 Å². The van der Waals surface area contributed by atoms with E-state index in [1.54, 1.807) is 19.6 Å². The van der Waals surface area contributed by atoms with Gasteiger partial charge in [0.25, 0.3) is 0 Å². The summed E-state index contributed by atoms with van der Waals surface area (Å²) in [5.74, 6) is 0. The van der Waals surface area contributed by atoms with Crippen LogP contribution in [0.4, 0.5) is 0 Å². The molecule has 0 aliphatic rings. The lowest BCUT2D eigenvalue weighted by Gasteiger charge is -2.09. The average molecular weight is 231 g/mol. The number of benzene rings is 1. The third-order valence-corrected chi connectivity index (χ3v) is 2.64. The first-order valence-electron chi connectivity index (χ1n) is 5.67. The Kier molecular flexibility index (Phi) is 4.36. The number of rotatable bonds is 6. The standard InChI is InChI=1S/C14H17NO2/c1-16-11-14-5-3-2-4-13(14)9-15-8-12-6-7-17-10-12/h2-7,10,15H,8-9,11H2,1H3. The summed E-state index contributed by atoms with van der Waals surface area (Å²) in [6.07, 6.45) is 3.45. The molecule has 0 saturated carbocycles. The predicted octanol–water partition coefficient (Wildman–Crippen LogP) is 2.72. The zero-order valence-electron chi connectivity index (χ0n) is 9.98. The second-order valence-electron chi connectivity index (χ2n) is 3.94. The smallest absolute Gasteiger partial charge is 0.0947 e. The number of hydrogen-bond donors (Lipinski definition) is 1. The lowest BCUT2D eigenvalue weighted by molar-refractivity contribution is 0.184. The highest BCUT2D eigenvalue weighted by Crippen LogP contribution is 2.10. The van der Waals surface area contributed by atoms with Crippen LogP contribution in [-0.2, 0) is 24.4 Å². The maximum atomic E-state index is 5.18. The maximum Gasteiger partial charge on any atom is 0.0947 e. The van der Waals surface area contributed by atoms with Crippen molar-refractivity contribution in [2.45, 2.75) is 19.7 Å². The highest BCUT2D eigenvalue weighted by molar-refractivity contribution is 5.26. The quantitative estimate of drug-likeness (QED) is 0.830. The van der Waals surface area contributed by atoms with Gasteiger partial charge < -0.3 is 14.5 Å². The van der Waals surface area contributed by atoms with Crippen LogP contribution in [0.15, 0.2) is 47.3 Å². The van der Waals surface area contributed by atoms with Gasteiger partial charge in [-0.15, -0.1) is 0 Å². The number of hydrogen-bond acceptors (Lipinski definition) is 3. The normalized spacial score (nSPS) is 10.6. The Morgan fingerprint density at radius 3 is 2.65 bits per heavy atom. The van der Waals surface area contributed by atoms with E-state index in [0.29, 0.717) is 6.61 Å². The Bertz CT molecular complexity index is 437. The second-order valence-corrected chi connectivity index (χ2v) is 3.94. The van der Waals surface area contributed by atoms with Gasteiger partial charge in [0.1, 0.15) is 0 Å². The molecule has 90 valence electrons. The zero-order chi connectivity index (χ0) is 11.9. The average Bonchev–Trinajstić information content (AvgIpc) is 2.85. The van der Waals surface area contributed by atoms with Crippen LogP contribution in [0.2, 0.25) is 0 Å². The van der Waals surface area contributed by atoms with Gasteiger partial charge in [-0.1, -0.05) is 24.3 Å². The van der Waals surface area contributed by atoms with E-state index in [-0.39, 0.29) is 0 Å². The molecule has 2 aromatic rings. The van der Waals surface area contributed by atoms with Gasteiger partial charge in [0.05, 0.1) is 19.1 Å². The summed E-state index contributed by atoms with van der Waals surface area (Å²) in [4.78, 5) is 0. The Morgan fingerprint density at radius 1 is 1.12 bits per heavy atom. The highest BCUT2D eigenvalue weighted by atomic mass is 16.5. The first-order valence-corrected chi connectivity index (χ1v) is 5.67. The molecule has 0 spiro atoms. The van der Waals surface area contributed by atoms with Crippen molar-refractivity contribution in [1.29, 1.82) is 0 Å². The second kappa shape index (κ2) is 6.23. The highest BCUT2D eigenvalue weighted by Gasteiger charge is 2.01. The predicted molar refractivity (Wildman–Crippen MR) is 66.4 cm³/mol. The molecule has 0 amide bonds. The number of nitrogens with one attached hydrogen (secondary N) is 1. The molecule has 3 heteroatoms. The summed E-state index contributed by atoms with van der Waals surface area (Å²) in [6, 6.07) is 10.3. The summed E-state index contributed by atoms with van der Waals surface area (Å²) in [5.41, 5.74) is 3.67. The number of furan rings is 1. The maximum absolute atomic E-state index is 5.18. The number of ether oxygens (including phenoxy) is 1. The largest absolute Gasteiger partial charge is 0.472 e. The van der Waals surface area contributed by atoms with Gasteiger partial charge in [-0.2, -0.15) is 0 Å². The molecule has 0 saturated heterocycles. The third-order valence-electron chi connectivity index (χ3n) is 2.64. The van der Waals surface area contributed by atoms with E-state index < -0.39 is 0 Å². The number of methoxy groups -OCH3 is 1. The van der Waals surface area contributed by atoms with Crippen LogP contribution in [0, 0.1) is 0 Å².